The fourth-order valence-electron chi connectivity index (χ4n) is 2.73. The van der Waals surface area contributed by atoms with Gasteiger partial charge in [-0.1, -0.05) is 30.3 Å². The highest BCUT2D eigenvalue weighted by molar-refractivity contribution is 5.24. The third-order valence-corrected chi connectivity index (χ3v) is 3.61. The lowest BCUT2D eigenvalue weighted by Gasteiger charge is -2.23. The molecule has 0 aliphatic carbocycles. The molecule has 1 aliphatic heterocycles. The van der Waals surface area contributed by atoms with Crippen LogP contribution in [0, 0.1) is 0 Å². The molecule has 94 valence electrons. The molecule has 3 rings (SSSR count). The minimum atomic E-state index is 0.303. The number of nitrogens with one attached hydrogen (secondary N) is 1. The number of rotatable bonds is 2. The highest BCUT2D eigenvalue weighted by Crippen LogP contribution is 2.23. The molecule has 2 aromatic rings. The van der Waals surface area contributed by atoms with Gasteiger partial charge >= 0.3 is 0 Å². The summed E-state index contributed by atoms with van der Waals surface area (Å²) >= 11 is 0. The van der Waals surface area contributed by atoms with E-state index in [1.165, 1.54) is 11.4 Å². The van der Waals surface area contributed by atoms with E-state index in [2.05, 4.69) is 71.0 Å². The number of nitrogens with zero attached hydrogens (tertiary/aromatic N) is 2. The maximum absolute atomic E-state index is 3.63. The van der Waals surface area contributed by atoms with Gasteiger partial charge in [0.15, 0.2) is 0 Å². The summed E-state index contributed by atoms with van der Waals surface area (Å²) in [6.45, 7) is 6.55. The van der Waals surface area contributed by atoms with Crippen molar-refractivity contribution in [3.05, 3.63) is 54.1 Å². The molecule has 1 aromatic heterocycles. The number of hydrogen-bond acceptors (Lipinski definition) is 1. The number of hydrogen-bond donors (Lipinski definition) is 1. The van der Waals surface area contributed by atoms with Crippen LogP contribution in [0.2, 0.25) is 0 Å². The van der Waals surface area contributed by atoms with E-state index in [0.717, 1.165) is 13.1 Å². The summed E-state index contributed by atoms with van der Waals surface area (Å²) in [5.74, 6) is 1.36. The standard InChI is InChI=1S/C15H20N3/c1-12(2)18-11-10-17-9-8-16-14(15(17)18)13-6-4-3-5-7-13/h3-7,10-12,14,16H,8-9H2,1-2H3/q+1/t14-/m1/s1. The van der Waals surface area contributed by atoms with Crippen LogP contribution in [0.5, 0.6) is 0 Å². The first-order chi connectivity index (χ1) is 8.77. The van der Waals surface area contributed by atoms with Crippen LogP contribution in [-0.2, 0) is 6.54 Å². The van der Waals surface area contributed by atoms with Crippen LogP contribution in [0.4, 0.5) is 0 Å². The molecular weight excluding hydrogens is 222 g/mol. The Morgan fingerprint density at radius 1 is 1.28 bits per heavy atom. The summed E-state index contributed by atoms with van der Waals surface area (Å²) in [6.07, 6.45) is 4.40. The van der Waals surface area contributed by atoms with E-state index in [1.807, 2.05) is 0 Å². The first-order valence-corrected chi connectivity index (χ1v) is 6.66. The molecule has 0 bridgehead atoms. The molecule has 1 aromatic carbocycles. The van der Waals surface area contributed by atoms with Crippen molar-refractivity contribution in [2.45, 2.75) is 32.5 Å². The molecule has 0 amide bonds. The van der Waals surface area contributed by atoms with E-state index in [9.17, 15) is 0 Å². The van der Waals surface area contributed by atoms with E-state index < -0.39 is 0 Å². The van der Waals surface area contributed by atoms with Gasteiger partial charge in [0.1, 0.15) is 25.0 Å². The molecule has 1 atom stereocenters. The van der Waals surface area contributed by atoms with Crippen molar-refractivity contribution >= 4 is 0 Å². The van der Waals surface area contributed by atoms with Gasteiger partial charge in [0.05, 0.1) is 6.04 Å². The van der Waals surface area contributed by atoms with Crippen LogP contribution in [0.1, 0.15) is 37.3 Å². The van der Waals surface area contributed by atoms with Gasteiger partial charge in [-0.05, 0) is 19.4 Å². The Balaban J connectivity index is 2.08. The van der Waals surface area contributed by atoms with Crippen molar-refractivity contribution in [3.63, 3.8) is 0 Å². The summed E-state index contributed by atoms with van der Waals surface area (Å²) < 4.78 is 4.73. The smallest absolute Gasteiger partial charge is 0.278 e. The van der Waals surface area contributed by atoms with Crippen LogP contribution >= 0.6 is 0 Å². The van der Waals surface area contributed by atoms with Gasteiger partial charge in [0.25, 0.3) is 5.82 Å². The lowest BCUT2D eigenvalue weighted by atomic mass is 10.0. The largest absolute Gasteiger partial charge is 0.296 e. The van der Waals surface area contributed by atoms with Crippen LogP contribution in [-0.4, -0.2) is 11.1 Å². The maximum atomic E-state index is 3.63. The van der Waals surface area contributed by atoms with Gasteiger partial charge in [-0.3, -0.25) is 5.32 Å². The SMILES string of the molecule is CC(C)n1cc[n+]2c1[C@@H](c1ccccc1)NCC2. The Labute approximate surface area is 108 Å². The third-order valence-electron chi connectivity index (χ3n) is 3.61. The van der Waals surface area contributed by atoms with Crippen molar-refractivity contribution < 1.29 is 4.57 Å². The van der Waals surface area contributed by atoms with Gasteiger partial charge in [-0.15, -0.1) is 0 Å². The molecule has 0 saturated heterocycles. The molecule has 0 saturated carbocycles. The molecule has 0 spiro atoms. The first-order valence-electron chi connectivity index (χ1n) is 6.66. The third kappa shape index (κ3) is 1.85. The fraction of sp³-hybridized carbons (Fsp3) is 0.400. The minimum Gasteiger partial charge on any atom is -0.296 e. The second kappa shape index (κ2) is 4.58. The van der Waals surface area contributed by atoms with E-state index in [0.29, 0.717) is 12.1 Å². The molecule has 18 heavy (non-hydrogen) atoms. The van der Waals surface area contributed by atoms with Crippen LogP contribution in [0.15, 0.2) is 42.7 Å². The van der Waals surface area contributed by atoms with Gasteiger partial charge in [0.2, 0.25) is 0 Å². The number of fused-ring (bicyclic) bond motifs is 1. The Bertz CT molecular complexity index is 528. The summed E-state index contributed by atoms with van der Waals surface area (Å²) in [4.78, 5) is 0. The zero-order chi connectivity index (χ0) is 12.5. The quantitative estimate of drug-likeness (QED) is 0.799. The first kappa shape index (κ1) is 11.5. The Hall–Kier alpha value is -1.61. The topological polar surface area (TPSA) is 20.8 Å². The molecule has 1 N–H and O–H groups in total. The van der Waals surface area contributed by atoms with Gasteiger partial charge < -0.3 is 0 Å². The zero-order valence-corrected chi connectivity index (χ0v) is 11.0. The molecule has 3 heteroatoms. The van der Waals surface area contributed by atoms with Crippen molar-refractivity contribution in [1.29, 1.82) is 0 Å². The molecular formula is C15H20N3+. The second-order valence-electron chi connectivity index (χ2n) is 5.15. The number of imidazole rings is 1. The van der Waals surface area contributed by atoms with Gasteiger partial charge in [0, 0.05) is 6.54 Å². The Kier molecular flexibility index (Phi) is 2.92. The maximum Gasteiger partial charge on any atom is 0.278 e. The predicted molar refractivity (Wildman–Crippen MR) is 71.3 cm³/mol. The summed E-state index contributed by atoms with van der Waals surface area (Å²) in [5.41, 5.74) is 1.34. The lowest BCUT2D eigenvalue weighted by molar-refractivity contribution is -0.708. The molecule has 3 nitrogen and oxygen atoms in total. The molecule has 0 unspecified atom stereocenters. The monoisotopic (exact) mass is 242 g/mol. The molecule has 0 fully saturated rings. The lowest BCUT2D eigenvalue weighted by Crippen LogP contribution is -2.51. The van der Waals surface area contributed by atoms with Crippen molar-refractivity contribution in [2.24, 2.45) is 0 Å². The van der Waals surface area contributed by atoms with E-state index in [-0.39, 0.29) is 0 Å². The Morgan fingerprint density at radius 2 is 2.06 bits per heavy atom. The fourth-order valence-corrected chi connectivity index (χ4v) is 2.73. The van der Waals surface area contributed by atoms with E-state index >= 15 is 0 Å². The van der Waals surface area contributed by atoms with Crippen LogP contribution < -0.4 is 9.88 Å². The highest BCUT2D eigenvalue weighted by Gasteiger charge is 2.32. The van der Waals surface area contributed by atoms with Crippen LogP contribution in [0.25, 0.3) is 0 Å². The zero-order valence-electron chi connectivity index (χ0n) is 11.0. The molecule has 0 radical (unpaired) electrons. The van der Waals surface area contributed by atoms with E-state index in [4.69, 9.17) is 0 Å². The predicted octanol–water partition coefficient (Wildman–Crippen LogP) is 2.05. The normalized spacial score (nSPS) is 18.9. The Morgan fingerprint density at radius 3 is 2.78 bits per heavy atom. The average molecular weight is 242 g/mol. The summed E-state index contributed by atoms with van der Waals surface area (Å²) in [5, 5.41) is 3.63. The number of benzene rings is 1. The minimum absolute atomic E-state index is 0.303. The molecule has 1 aliphatic rings. The highest BCUT2D eigenvalue weighted by atomic mass is 15.2. The van der Waals surface area contributed by atoms with Crippen LogP contribution in [0.3, 0.4) is 0 Å². The molecule has 2 heterocycles. The summed E-state index contributed by atoms with van der Waals surface area (Å²) in [6, 6.07) is 11.5. The van der Waals surface area contributed by atoms with Crippen molar-refractivity contribution in [2.75, 3.05) is 6.54 Å². The summed E-state index contributed by atoms with van der Waals surface area (Å²) in [7, 11) is 0. The van der Waals surface area contributed by atoms with Gasteiger partial charge in [-0.25, -0.2) is 9.13 Å². The van der Waals surface area contributed by atoms with Gasteiger partial charge in [-0.2, -0.15) is 0 Å². The number of aromatic nitrogens is 2. The second-order valence-corrected chi connectivity index (χ2v) is 5.15. The van der Waals surface area contributed by atoms with E-state index in [1.54, 1.807) is 0 Å². The van der Waals surface area contributed by atoms with Crippen molar-refractivity contribution in [3.8, 4) is 0 Å². The average Bonchev–Trinajstić information content (AvgIpc) is 2.83. The van der Waals surface area contributed by atoms with Crippen molar-refractivity contribution in [1.82, 2.24) is 9.88 Å².